The number of amides is 1. The highest BCUT2D eigenvalue weighted by atomic mass is 32.2. The molecule has 1 amide bonds. The number of aromatic nitrogens is 2. The van der Waals surface area contributed by atoms with Gasteiger partial charge in [-0.3, -0.25) is 4.79 Å². The van der Waals surface area contributed by atoms with Gasteiger partial charge in [0, 0.05) is 11.6 Å². The third-order valence-electron chi connectivity index (χ3n) is 9.33. The number of fused-ring (bicyclic) bond motifs is 2. The zero-order valence-corrected chi connectivity index (χ0v) is 24.1. The summed E-state index contributed by atoms with van der Waals surface area (Å²) in [5.41, 5.74) is 9.69. The van der Waals surface area contributed by atoms with E-state index in [2.05, 4.69) is 30.5 Å². The topological polar surface area (TPSA) is 124 Å². The van der Waals surface area contributed by atoms with Crippen LogP contribution in [0.2, 0.25) is 0 Å². The Morgan fingerprint density at radius 3 is 2.33 bits per heavy atom. The second-order valence-corrected chi connectivity index (χ2v) is 13.5. The molecule has 2 aliphatic carbocycles. The van der Waals surface area contributed by atoms with E-state index in [9.17, 15) is 13.2 Å². The molecule has 2 saturated carbocycles. The van der Waals surface area contributed by atoms with Gasteiger partial charge in [-0.25, -0.2) is 14.7 Å². The molecule has 39 heavy (non-hydrogen) atoms. The normalized spacial score (nSPS) is 23.5. The minimum absolute atomic E-state index is 0.0261. The number of aryl methyl sites for hydroxylation is 3. The van der Waals surface area contributed by atoms with E-state index in [0.29, 0.717) is 11.7 Å². The van der Waals surface area contributed by atoms with Crippen molar-refractivity contribution >= 4 is 21.7 Å². The third kappa shape index (κ3) is 4.56. The first-order valence-corrected chi connectivity index (χ1v) is 14.8. The van der Waals surface area contributed by atoms with E-state index in [1.54, 1.807) is 6.07 Å². The maximum atomic E-state index is 13.4. The quantitative estimate of drug-likeness (QED) is 0.397. The fraction of sp³-hybridized carbons (Fsp3) is 0.433. The van der Waals surface area contributed by atoms with Crippen LogP contribution in [0, 0.1) is 37.5 Å². The lowest BCUT2D eigenvalue weighted by Gasteiger charge is -2.39. The Balaban J connectivity index is 1.56. The summed E-state index contributed by atoms with van der Waals surface area (Å²) in [6.45, 7) is 12.9. The van der Waals surface area contributed by atoms with Gasteiger partial charge in [-0.1, -0.05) is 44.5 Å². The first kappa shape index (κ1) is 27.1. The molecule has 2 aromatic heterocycles. The number of hydrogen-bond donors (Lipinski definition) is 2. The number of nitrogens with one attached hydrogen (secondary N) is 1. The number of nitrogens with zero attached hydrogens (tertiary/aromatic N) is 2. The number of sulfonamides is 1. The van der Waals surface area contributed by atoms with E-state index in [0.717, 1.165) is 35.2 Å². The number of anilines is 1. The third-order valence-corrected chi connectivity index (χ3v) is 10.6. The first-order valence-electron chi connectivity index (χ1n) is 13.3. The van der Waals surface area contributed by atoms with Gasteiger partial charge in [-0.15, -0.1) is 0 Å². The second kappa shape index (κ2) is 9.33. The zero-order chi connectivity index (χ0) is 28.3. The van der Waals surface area contributed by atoms with Crippen LogP contribution in [-0.2, 0) is 10.0 Å². The number of ether oxygens (including phenoxy) is 1. The largest absolute Gasteiger partial charge is 0.438 e. The molecule has 2 bridgehead atoms. The summed E-state index contributed by atoms with van der Waals surface area (Å²) in [4.78, 5) is 22.2. The molecule has 0 saturated heterocycles. The Bertz CT molecular complexity index is 1560. The summed E-state index contributed by atoms with van der Waals surface area (Å²) in [5.74, 6) is 0.688. The van der Waals surface area contributed by atoms with Crippen LogP contribution in [0.25, 0.3) is 0 Å². The van der Waals surface area contributed by atoms with E-state index in [1.807, 2.05) is 39.0 Å². The fourth-order valence-corrected chi connectivity index (χ4v) is 7.73. The summed E-state index contributed by atoms with van der Waals surface area (Å²) >= 11 is 0. The summed E-state index contributed by atoms with van der Waals surface area (Å²) in [5, 5.41) is -0.342. The van der Waals surface area contributed by atoms with Gasteiger partial charge in [0.15, 0.2) is 5.03 Å². The van der Waals surface area contributed by atoms with Crippen molar-refractivity contribution in [3.05, 3.63) is 70.4 Å². The van der Waals surface area contributed by atoms with Crippen molar-refractivity contribution < 1.29 is 17.9 Å². The maximum absolute atomic E-state index is 13.4. The van der Waals surface area contributed by atoms with E-state index in [4.69, 9.17) is 15.5 Å². The molecule has 0 radical (unpaired) electrons. The number of rotatable bonds is 6. The summed E-state index contributed by atoms with van der Waals surface area (Å²) < 4.78 is 34.4. The van der Waals surface area contributed by atoms with E-state index < -0.39 is 15.9 Å². The predicted molar refractivity (Wildman–Crippen MR) is 150 cm³/mol. The number of pyridine rings is 2. The van der Waals surface area contributed by atoms with E-state index in [1.165, 1.54) is 24.6 Å². The average molecular weight is 549 g/mol. The second-order valence-electron chi connectivity index (χ2n) is 11.9. The Morgan fingerprint density at radius 2 is 1.74 bits per heavy atom. The molecule has 9 heteroatoms. The van der Waals surface area contributed by atoms with Crippen LogP contribution >= 0.6 is 0 Å². The SMILES string of the molecule is Cc1cc(C)c(Oc2nc(C3CC4CCC3(C)C4(C)C)ccc2C(=O)NS(=O)(=O)c2cccc(N)n2)c(C)c1. The van der Waals surface area contributed by atoms with Gasteiger partial charge in [-0.2, -0.15) is 8.42 Å². The monoisotopic (exact) mass is 548 g/mol. The molecule has 5 rings (SSSR count). The van der Waals surface area contributed by atoms with E-state index in [-0.39, 0.29) is 39.0 Å². The molecular weight excluding hydrogens is 512 g/mol. The Morgan fingerprint density at radius 1 is 1.05 bits per heavy atom. The van der Waals surface area contributed by atoms with Gasteiger partial charge in [-0.05, 0) is 92.2 Å². The van der Waals surface area contributed by atoms with Crippen molar-refractivity contribution in [2.24, 2.45) is 16.7 Å². The highest BCUT2D eigenvalue weighted by molar-refractivity contribution is 7.90. The molecule has 0 aliphatic heterocycles. The molecule has 206 valence electrons. The molecule has 3 atom stereocenters. The van der Waals surface area contributed by atoms with Gasteiger partial charge in [0.1, 0.15) is 17.1 Å². The number of hydrogen-bond acceptors (Lipinski definition) is 7. The van der Waals surface area contributed by atoms with E-state index >= 15 is 0 Å². The molecule has 2 aliphatic rings. The average Bonchev–Trinajstić information content (AvgIpc) is 3.19. The van der Waals surface area contributed by atoms with Gasteiger partial charge in [0.05, 0.1) is 0 Å². The highest BCUT2D eigenvalue weighted by Crippen LogP contribution is 2.70. The molecule has 3 unspecified atom stereocenters. The lowest BCUT2D eigenvalue weighted by Crippen LogP contribution is -2.32. The lowest BCUT2D eigenvalue weighted by atomic mass is 9.66. The summed E-state index contributed by atoms with van der Waals surface area (Å²) in [6, 6.07) is 11.7. The van der Waals surface area contributed by atoms with Crippen molar-refractivity contribution in [3.63, 3.8) is 0 Å². The Kier molecular flexibility index (Phi) is 6.49. The molecule has 0 spiro atoms. The van der Waals surface area contributed by atoms with Crippen molar-refractivity contribution in [2.45, 2.75) is 71.7 Å². The standard InChI is InChI=1S/C30H36N4O4S/c1-17-14-18(2)26(19(3)15-17)38-28-21(27(35)34-39(36,37)25-9-7-8-24(31)33-25)10-11-23(32-28)22-16-20-12-13-30(22,6)29(20,4)5/h7-11,14-15,20,22H,12-13,16H2,1-6H3,(H2,31,33)(H,34,35). The molecule has 3 N–H and O–H groups in total. The lowest BCUT2D eigenvalue weighted by molar-refractivity contribution is 0.0978. The number of carbonyl (C=O) groups excluding carboxylic acids is 1. The van der Waals surface area contributed by atoms with Crippen LogP contribution in [0.5, 0.6) is 11.6 Å². The molecule has 3 aromatic rings. The Hall–Kier alpha value is -3.46. The van der Waals surface area contributed by atoms with Crippen LogP contribution in [0.3, 0.4) is 0 Å². The summed E-state index contributed by atoms with van der Waals surface area (Å²) in [7, 11) is -4.27. The van der Waals surface area contributed by atoms with Crippen LogP contribution in [0.15, 0.2) is 47.5 Å². The number of nitrogens with two attached hydrogens (primary N) is 1. The molecular formula is C30H36N4O4S. The maximum Gasteiger partial charge on any atom is 0.281 e. The number of carbonyl (C=O) groups is 1. The minimum Gasteiger partial charge on any atom is -0.438 e. The fourth-order valence-electron chi connectivity index (χ4n) is 6.78. The summed E-state index contributed by atoms with van der Waals surface area (Å²) in [6.07, 6.45) is 3.36. The highest BCUT2D eigenvalue weighted by Gasteiger charge is 2.61. The number of benzene rings is 1. The van der Waals surface area contributed by atoms with Crippen molar-refractivity contribution in [2.75, 3.05) is 5.73 Å². The molecule has 8 nitrogen and oxygen atoms in total. The van der Waals surface area contributed by atoms with Gasteiger partial charge in [0.2, 0.25) is 5.88 Å². The van der Waals surface area contributed by atoms with Gasteiger partial charge < -0.3 is 10.5 Å². The first-order chi connectivity index (χ1) is 18.2. The predicted octanol–water partition coefficient (Wildman–Crippen LogP) is 5.82. The molecule has 1 aromatic carbocycles. The van der Waals surface area contributed by atoms with Crippen molar-refractivity contribution in [1.82, 2.24) is 14.7 Å². The minimum atomic E-state index is -4.27. The Labute approximate surface area is 230 Å². The smallest absolute Gasteiger partial charge is 0.281 e. The number of nitrogen functional groups attached to an aromatic ring is 1. The van der Waals surface area contributed by atoms with Gasteiger partial charge >= 0.3 is 0 Å². The molecule has 2 heterocycles. The van der Waals surface area contributed by atoms with Crippen molar-refractivity contribution in [3.8, 4) is 11.6 Å². The van der Waals surface area contributed by atoms with Crippen LogP contribution in [-0.4, -0.2) is 24.3 Å². The zero-order valence-electron chi connectivity index (χ0n) is 23.3. The van der Waals surface area contributed by atoms with Crippen LogP contribution < -0.4 is 15.2 Å². The van der Waals surface area contributed by atoms with Crippen LogP contribution in [0.1, 0.15) is 78.7 Å². The molecule has 2 fully saturated rings. The van der Waals surface area contributed by atoms with Crippen molar-refractivity contribution in [1.29, 1.82) is 0 Å². The van der Waals surface area contributed by atoms with Gasteiger partial charge in [0.25, 0.3) is 15.9 Å². The van der Waals surface area contributed by atoms with Crippen LogP contribution in [0.4, 0.5) is 5.82 Å².